The zero-order chi connectivity index (χ0) is 18.2. The predicted molar refractivity (Wildman–Crippen MR) is 114 cm³/mol. The van der Waals surface area contributed by atoms with Crippen molar-refractivity contribution in [1.82, 2.24) is 24.9 Å². The molecule has 2 heterocycles. The highest BCUT2D eigenvalue weighted by atomic mass is 35.5. The van der Waals surface area contributed by atoms with Crippen molar-refractivity contribution in [3.8, 4) is 0 Å². The maximum Gasteiger partial charge on any atom is 0.236 e. The largest absolute Gasteiger partial charge is 0.348 e. The van der Waals surface area contributed by atoms with Crippen molar-refractivity contribution in [3.05, 3.63) is 0 Å². The maximum absolute atomic E-state index is 12.5. The standard InChI is InChI=1S/C18H35N5O2.2ClH/c1-19-7-4-16-5-8-21(9-6-16)15-18(25)23-12-10-22(11-13-23)14-17(24)20(2)3;;/h16,19H,4-15H2,1-3H3;2*1H. The van der Waals surface area contributed by atoms with Gasteiger partial charge in [-0.15, -0.1) is 24.8 Å². The number of hydrogen-bond acceptors (Lipinski definition) is 5. The lowest BCUT2D eigenvalue weighted by atomic mass is 9.93. The van der Waals surface area contributed by atoms with Gasteiger partial charge < -0.3 is 15.1 Å². The summed E-state index contributed by atoms with van der Waals surface area (Å²) < 4.78 is 0. The quantitative estimate of drug-likeness (QED) is 0.638. The Morgan fingerprint density at radius 2 is 1.48 bits per heavy atom. The number of halogens is 2. The van der Waals surface area contributed by atoms with Crippen LogP contribution in [0.1, 0.15) is 19.3 Å². The van der Waals surface area contributed by atoms with Crippen molar-refractivity contribution < 1.29 is 9.59 Å². The second-order valence-electron chi connectivity index (χ2n) is 7.56. The van der Waals surface area contributed by atoms with Crippen LogP contribution >= 0.6 is 24.8 Å². The monoisotopic (exact) mass is 425 g/mol. The Labute approximate surface area is 176 Å². The second-order valence-corrected chi connectivity index (χ2v) is 7.56. The molecule has 0 aromatic heterocycles. The van der Waals surface area contributed by atoms with Crippen molar-refractivity contribution in [2.75, 3.05) is 80.0 Å². The third-order valence-corrected chi connectivity index (χ3v) is 5.45. The predicted octanol–water partition coefficient (Wildman–Crippen LogP) is 0.384. The van der Waals surface area contributed by atoms with E-state index >= 15 is 0 Å². The van der Waals surface area contributed by atoms with E-state index in [9.17, 15) is 9.59 Å². The van der Waals surface area contributed by atoms with Crippen LogP contribution in [0.4, 0.5) is 0 Å². The van der Waals surface area contributed by atoms with Crippen LogP contribution in [0.15, 0.2) is 0 Å². The minimum atomic E-state index is 0. The summed E-state index contributed by atoms with van der Waals surface area (Å²) in [5.41, 5.74) is 0. The zero-order valence-corrected chi connectivity index (χ0v) is 18.6. The molecule has 2 rings (SSSR count). The number of hydrogen-bond donors (Lipinski definition) is 1. The van der Waals surface area contributed by atoms with Gasteiger partial charge in [0, 0.05) is 40.3 Å². The third kappa shape index (κ3) is 8.96. The minimum Gasteiger partial charge on any atom is -0.348 e. The molecule has 1 N–H and O–H groups in total. The Morgan fingerprint density at radius 3 is 2.00 bits per heavy atom. The number of carbonyl (C=O) groups is 2. The highest BCUT2D eigenvalue weighted by Crippen LogP contribution is 2.20. The van der Waals surface area contributed by atoms with Gasteiger partial charge in [-0.05, 0) is 51.9 Å². The first-order chi connectivity index (χ1) is 12.0. The van der Waals surface area contributed by atoms with E-state index in [4.69, 9.17) is 0 Å². The van der Waals surface area contributed by atoms with Gasteiger partial charge >= 0.3 is 0 Å². The van der Waals surface area contributed by atoms with Crippen molar-refractivity contribution in [3.63, 3.8) is 0 Å². The van der Waals surface area contributed by atoms with E-state index in [0.717, 1.165) is 51.7 Å². The average Bonchev–Trinajstić information content (AvgIpc) is 2.61. The first kappa shape index (κ1) is 26.4. The number of nitrogens with one attached hydrogen (secondary N) is 1. The van der Waals surface area contributed by atoms with Gasteiger partial charge in [-0.3, -0.25) is 19.4 Å². The average molecular weight is 426 g/mol. The van der Waals surface area contributed by atoms with Gasteiger partial charge in [0.25, 0.3) is 0 Å². The second kappa shape index (κ2) is 13.6. The molecule has 0 saturated carbocycles. The van der Waals surface area contributed by atoms with Crippen LogP contribution < -0.4 is 5.32 Å². The highest BCUT2D eigenvalue weighted by molar-refractivity contribution is 5.85. The molecule has 0 aliphatic carbocycles. The van der Waals surface area contributed by atoms with E-state index in [2.05, 4.69) is 15.1 Å². The first-order valence-corrected chi connectivity index (χ1v) is 9.57. The zero-order valence-electron chi connectivity index (χ0n) is 17.0. The molecule has 2 aliphatic heterocycles. The van der Waals surface area contributed by atoms with Crippen molar-refractivity contribution in [2.24, 2.45) is 5.92 Å². The van der Waals surface area contributed by atoms with E-state index < -0.39 is 0 Å². The van der Waals surface area contributed by atoms with Crippen LogP contribution in [0.5, 0.6) is 0 Å². The molecular formula is C18H37Cl2N5O2. The summed E-state index contributed by atoms with van der Waals surface area (Å²) in [6.07, 6.45) is 3.65. The molecule has 7 nitrogen and oxygen atoms in total. The molecule has 2 amide bonds. The number of amides is 2. The topological polar surface area (TPSA) is 59.1 Å². The summed E-state index contributed by atoms with van der Waals surface area (Å²) in [5, 5.41) is 3.22. The third-order valence-electron chi connectivity index (χ3n) is 5.45. The van der Waals surface area contributed by atoms with Gasteiger partial charge in [0.2, 0.25) is 11.8 Å². The van der Waals surface area contributed by atoms with E-state index in [0.29, 0.717) is 13.1 Å². The molecule has 2 saturated heterocycles. The lowest BCUT2D eigenvalue weighted by molar-refractivity contribution is -0.135. The summed E-state index contributed by atoms with van der Waals surface area (Å²) >= 11 is 0. The number of piperazine rings is 1. The van der Waals surface area contributed by atoms with E-state index in [1.54, 1.807) is 19.0 Å². The Kier molecular flexibility index (Phi) is 13.3. The van der Waals surface area contributed by atoms with Gasteiger partial charge in [-0.2, -0.15) is 0 Å². The number of rotatable bonds is 7. The van der Waals surface area contributed by atoms with Crippen LogP contribution in [-0.2, 0) is 9.59 Å². The van der Waals surface area contributed by atoms with E-state index in [-0.39, 0.29) is 36.6 Å². The molecule has 9 heteroatoms. The molecule has 0 radical (unpaired) electrons. The van der Waals surface area contributed by atoms with E-state index in [1.807, 2.05) is 11.9 Å². The molecule has 0 atom stereocenters. The number of nitrogens with zero attached hydrogens (tertiary/aromatic N) is 4. The fraction of sp³-hybridized carbons (Fsp3) is 0.889. The summed E-state index contributed by atoms with van der Waals surface area (Å²) in [5.74, 6) is 1.17. The highest BCUT2D eigenvalue weighted by Gasteiger charge is 2.26. The van der Waals surface area contributed by atoms with E-state index in [1.165, 1.54) is 19.3 Å². The van der Waals surface area contributed by atoms with Gasteiger partial charge in [0.1, 0.15) is 0 Å². The molecule has 0 bridgehead atoms. The molecule has 0 spiro atoms. The normalized spacial score (nSPS) is 19.1. The van der Waals surface area contributed by atoms with Crippen molar-refractivity contribution >= 4 is 36.6 Å². The van der Waals surface area contributed by atoms with Gasteiger partial charge in [0.15, 0.2) is 0 Å². The van der Waals surface area contributed by atoms with Gasteiger partial charge in [0.05, 0.1) is 13.1 Å². The van der Waals surface area contributed by atoms with Crippen LogP contribution in [-0.4, -0.2) is 111 Å². The summed E-state index contributed by atoms with van der Waals surface area (Å²) in [6, 6.07) is 0. The molecule has 2 aliphatic rings. The fourth-order valence-corrected chi connectivity index (χ4v) is 3.56. The molecule has 0 aromatic carbocycles. The Balaban J connectivity index is 0.00000338. The Hall–Kier alpha value is -0.600. The van der Waals surface area contributed by atoms with Gasteiger partial charge in [-0.1, -0.05) is 0 Å². The maximum atomic E-state index is 12.5. The lowest BCUT2D eigenvalue weighted by Crippen LogP contribution is -2.53. The first-order valence-electron chi connectivity index (χ1n) is 9.57. The number of carbonyl (C=O) groups excluding carboxylic acids is 2. The smallest absolute Gasteiger partial charge is 0.236 e. The number of likely N-dealkylation sites (tertiary alicyclic amines) is 1. The number of piperidine rings is 1. The fourth-order valence-electron chi connectivity index (χ4n) is 3.56. The summed E-state index contributed by atoms with van der Waals surface area (Å²) in [4.78, 5) is 32.3. The summed E-state index contributed by atoms with van der Waals surface area (Å²) in [7, 11) is 5.57. The lowest BCUT2D eigenvalue weighted by Gasteiger charge is -2.37. The molecule has 0 unspecified atom stereocenters. The molecule has 27 heavy (non-hydrogen) atoms. The SMILES string of the molecule is CNCCC1CCN(CC(=O)N2CCN(CC(=O)N(C)C)CC2)CC1.Cl.Cl. The van der Waals surface area contributed by atoms with Crippen molar-refractivity contribution in [2.45, 2.75) is 19.3 Å². The molecule has 0 aromatic rings. The van der Waals surface area contributed by atoms with Crippen LogP contribution in [0.25, 0.3) is 0 Å². The summed E-state index contributed by atoms with van der Waals surface area (Å²) in [6.45, 7) is 7.22. The van der Waals surface area contributed by atoms with Crippen LogP contribution in [0.3, 0.4) is 0 Å². The van der Waals surface area contributed by atoms with Crippen molar-refractivity contribution in [1.29, 1.82) is 0 Å². The Morgan fingerprint density at radius 1 is 0.926 bits per heavy atom. The minimum absolute atomic E-state index is 0. The van der Waals surface area contributed by atoms with Crippen LogP contribution in [0.2, 0.25) is 0 Å². The van der Waals surface area contributed by atoms with Gasteiger partial charge in [-0.25, -0.2) is 0 Å². The number of likely N-dealkylation sites (N-methyl/N-ethyl adjacent to an activating group) is 1. The Bertz CT molecular complexity index is 437. The molecule has 2 fully saturated rings. The molecular weight excluding hydrogens is 389 g/mol. The molecule has 160 valence electrons. The van der Waals surface area contributed by atoms with Crippen LogP contribution in [0, 0.1) is 5.92 Å².